The second kappa shape index (κ2) is 7.85. The Kier molecular flexibility index (Phi) is 6.80. The van der Waals surface area contributed by atoms with Gasteiger partial charge < -0.3 is 5.32 Å². The molecule has 102 valence electrons. The Morgan fingerprint density at radius 1 is 1.11 bits per heavy atom. The van der Waals surface area contributed by atoms with Gasteiger partial charge in [0.1, 0.15) is 0 Å². The summed E-state index contributed by atoms with van der Waals surface area (Å²) in [7, 11) is 0. The fraction of sp³-hybridized carbons (Fsp3) is 0.625. The highest BCUT2D eigenvalue weighted by molar-refractivity contribution is 7.99. The lowest BCUT2D eigenvalue weighted by Gasteiger charge is -2.21. The molecule has 18 heavy (non-hydrogen) atoms. The zero-order chi connectivity index (χ0) is 13.4. The van der Waals surface area contributed by atoms with Crippen molar-refractivity contribution in [2.75, 3.05) is 12.3 Å². The van der Waals surface area contributed by atoms with Crippen molar-refractivity contribution in [3.8, 4) is 0 Å². The molecule has 0 saturated carbocycles. The number of rotatable bonds is 7. The van der Waals surface area contributed by atoms with Crippen LogP contribution in [-0.4, -0.2) is 17.8 Å². The van der Waals surface area contributed by atoms with Crippen molar-refractivity contribution < 1.29 is 0 Å². The number of nitrogens with one attached hydrogen (secondary N) is 1. The smallest absolute Gasteiger partial charge is 0.00965 e. The van der Waals surface area contributed by atoms with Crippen LogP contribution in [0, 0.1) is 5.92 Å². The molecule has 0 amide bonds. The summed E-state index contributed by atoms with van der Waals surface area (Å²) >= 11 is 1.97. The summed E-state index contributed by atoms with van der Waals surface area (Å²) < 4.78 is 0. The third-order valence-corrected chi connectivity index (χ3v) is 3.96. The van der Waals surface area contributed by atoms with Gasteiger partial charge in [-0.25, -0.2) is 0 Å². The van der Waals surface area contributed by atoms with E-state index in [4.69, 9.17) is 0 Å². The molecule has 0 bridgehead atoms. The average molecular weight is 265 g/mol. The fourth-order valence-corrected chi connectivity index (χ4v) is 2.84. The van der Waals surface area contributed by atoms with Crippen molar-refractivity contribution in [3.63, 3.8) is 0 Å². The number of benzene rings is 1. The van der Waals surface area contributed by atoms with Crippen molar-refractivity contribution in [2.24, 2.45) is 5.92 Å². The van der Waals surface area contributed by atoms with Gasteiger partial charge in [0.25, 0.3) is 0 Å². The molecule has 0 aliphatic rings. The van der Waals surface area contributed by atoms with Gasteiger partial charge in [-0.15, -0.1) is 11.8 Å². The minimum Gasteiger partial charge on any atom is -0.312 e. The predicted molar refractivity (Wildman–Crippen MR) is 83.3 cm³/mol. The largest absolute Gasteiger partial charge is 0.312 e. The summed E-state index contributed by atoms with van der Waals surface area (Å²) in [5.74, 6) is 2.02. The standard InChI is InChI=1S/C16H27NS/c1-14(10-12-17-16(2,3)4)11-13-18-15-8-6-5-7-9-15/h5-9,14,17H,10-13H2,1-4H3. The number of thioether (sulfide) groups is 1. The van der Waals surface area contributed by atoms with Gasteiger partial charge in [-0.2, -0.15) is 0 Å². The molecular formula is C16H27NS. The third-order valence-electron chi connectivity index (χ3n) is 2.92. The highest BCUT2D eigenvalue weighted by atomic mass is 32.2. The van der Waals surface area contributed by atoms with E-state index in [1.807, 2.05) is 11.8 Å². The minimum absolute atomic E-state index is 0.249. The molecule has 1 atom stereocenters. The fourth-order valence-electron chi connectivity index (χ4n) is 1.73. The predicted octanol–water partition coefficient (Wildman–Crippen LogP) is 4.58. The molecule has 0 aromatic heterocycles. The van der Waals surface area contributed by atoms with Gasteiger partial charge in [0.15, 0.2) is 0 Å². The molecule has 0 radical (unpaired) electrons. The first-order chi connectivity index (χ1) is 8.47. The van der Waals surface area contributed by atoms with Crippen LogP contribution in [0.25, 0.3) is 0 Å². The van der Waals surface area contributed by atoms with E-state index in [0.717, 1.165) is 12.5 Å². The van der Waals surface area contributed by atoms with E-state index in [1.54, 1.807) is 0 Å². The Morgan fingerprint density at radius 2 is 1.78 bits per heavy atom. The van der Waals surface area contributed by atoms with E-state index in [1.165, 1.54) is 23.5 Å². The van der Waals surface area contributed by atoms with Gasteiger partial charge in [0.05, 0.1) is 0 Å². The highest BCUT2D eigenvalue weighted by Gasteiger charge is 2.09. The molecule has 1 aromatic rings. The Hall–Kier alpha value is -0.470. The van der Waals surface area contributed by atoms with Gasteiger partial charge in [0, 0.05) is 10.4 Å². The maximum atomic E-state index is 3.55. The van der Waals surface area contributed by atoms with Crippen LogP contribution in [0.15, 0.2) is 35.2 Å². The van der Waals surface area contributed by atoms with E-state index in [9.17, 15) is 0 Å². The summed E-state index contributed by atoms with van der Waals surface area (Å²) in [6, 6.07) is 10.7. The second-order valence-electron chi connectivity index (χ2n) is 6.02. The molecular weight excluding hydrogens is 238 g/mol. The zero-order valence-corrected chi connectivity index (χ0v) is 13.0. The van der Waals surface area contributed by atoms with E-state index in [0.29, 0.717) is 0 Å². The molecule has 1 nitrogen and oxygen atoms in total. The van der Waals surface area contributed by atoms with Crippen LogP contribution < -0.4 is 5.32 Å². The minimum atomic E-state index is 0.249. The number of hydrogen-bond donors (Lipinski definition) is 1. The molecule has 1 rings (SSSR count). The van der Waals surface area contributed by atoms with Crippen LogP contribution in [0.2, 0.25) is 0 Å². The molecule has 1 aromatic carbocycles. The van der Waals surface area contributed by atoms with Crippen LogP contribution in [-0.2, 0) is 0 Å². The van der Waals surface area contributed by atoms with Crippen LogP contribution in [0.5, 0.6) is 0 Å². The third kappa shape index (κ3) is 7.78. The molecule has 1 N–H and O–H groups in total. The Bertz CT molecular complexity index is 316. The molecule has 0 spiro atoms. The van der Waals surface area contributed by atoms with Crippen LogP contribution in [0.4, 0.5) is 0 Å². The molecule has 0 aliphatic carbocycles. The van der Waals surface area contributed by atoms with E-state index >= 15 is 0 Å². The molecule has 0 saturated heterocycles. The monoisotopic (exact) mass is 265 g/mol. The van der Waals surface area contributed by atoms with Crippen molar-refractivity contribution in [1.82, 2.24) is 5.32 Å². The SMILES string of the molecule is CC(CCNC(C)(C)C)CCSc1ccccc1. The molecule has 2 heteroatoms. The lowest BCUT2D eigenvalue weighted by atomic mass is 10.0. The van der Waals surface area contributed by atoms with Gasteiger partial charge >= 0.3 is 0 Å². The van der Waals surface area contributed by atoms with E-state index in [-0.39, 0.29) is 5.54 Å². The first-order valence-corrected chi connectivity index (χ1v) is 7.89. The Labute approximate surface area is 117 Å². The first kappa shape index (κ1) is 15.6. The van der Waals surface area contributed by atoms with Crippen molar-refractivity contribution in [3.05, 3.63) is 30.3 Å². The average Bonchev–Trinajstić information content (AvgIpc) is 2.28. The van der Waals surface area contributed by atoms with Crippen LogP contribution >= 0.6 is 11.8 Å². The van der Waals surface area contributed by atoms with E-state index in [2.05, 4.69) is 63.3 Å². The molecule has 0 heterocycles. The summed E-state index contributed by atoms with van der Waals surface area (Å²) in [6.07, 6.45) is 2.57. The van der Waals surface area contributed by atoms with Gasteiger partial charge in [-0.05, 0) is 64.0 Å². The van der Waals surface area contributed by atoms with Gasteiger partial charge in [0.2, 0.25) is 0 Å². The molecule has 1 unspecified atom stereocenters. The number of hydrogen-bond acceptors (Lipinski definition) is 2. The summed E-state index contributed by atoms with van der Waals surface area (Å²) in [4.78, 5) is 1.39. The molecule has 0 aliphatic heterocycles. The summed E-state index contributed by atoms with van der Waals surface area (Å²) in [6.45, 7) is 10.2. The highest BCUT2D eigenvalue weighted by Crippen LogP contribution is 2.20. The second-order valence-corrected chi connectivity index (χ2v) is 7.19. The van der Waals surface area contributed by atoms with Gasteiger partial charge in [-0.3, -0.25) is 0 Å². The van der Waals surface area contributed by atoms with Crippen molar-refractivity contribution in [1.29, 1.82) is 0 Å². The van der Waals surface area contributed by atoms with Crippen LogP contribution in [0.1, 0.15) is 40.5 Å². The lowest BCUT2D eigenvalue weighted by Crippen LogP contribution is -2.36. The Balaban J connectivity index is 2.09. The van der Waals surface area contributed by atoms with Gasteiger partial charge in [-0.1, -0.05) is 25.1 Å². The van der Waals surface area contributed by atoms with E-state index < -0.39 is 0 Å². The molecule has 0 fully saturated rings. The maximum Gasteiger partial charge on any atom is 0.00965 e. The quantitative estimate of drug-likeness (QED) is 0.724. The Morgan fingerprint density at radius 3 is 2.39 bits per heavy atom. The first-order valence-electron chi connectivity index (χ1n) is 6.90. The lowest BCUT2D eigenvalue weighted by molar-refractivity contribution is 0.392. The van der Waals surface area contributed by atoms with Crippen molar-refractivity contribution in [2.45, 2.75) is 51.0 Å². The summed E-state index contributed by atoms with van der Waals surface area (Å²) in [5, 5.41) is 3.55. The maximum absolute atomic E-state index is 3.55. The van der Waals surface area contributed by atoms with Crippen LogP contribution in [0.3, 0.4) is 0 Å². The topological polar surface area (TPSA) is 12.0 Å². The summed E-state index contributed by atoms with van der Waals surface area (Å²) in [5.41, 5.74) is 0.249. The van der Waals surface area contributed by atoms with Crippen molar-refractivity contribution >= 4 is 11.8 Å². The zero-order valence-electron chi connectivity index (χ0n) is 12.2. The normalized spacial score (nSPS) is 13.6.